The molecular weight excluding hydrogens is 268 g/mol. The zero-order valence-electron chi connectivity index (χ0n) is 11.1. The molecule has 1 aromatic carbocycles. The molecular formula is C14H17ClO4. The van der Waals surface area contributed by atoms with Crippen molar-refractivity contribution in [2.24, 2.45) is 0 Å². The predicted molar refractivity (Wildman–Crippen MR) is 73.0 cm³/mol. The van der Waals surface area contributed by atoms with Gasteiger partial charge < -0.3 is 9.47 Å². The topological polar surface area (TPSA) is 52.6 Å². The average Bonchev–Trinajstić information content (AvgIpc) is 2.41. The van der Waals surface area contributed by atoms with Gasteiger partial charge in [-0.05, 0) is 32.0 Å². The number of ketones is 1. The van der Waals surface area contributed by atoms with Crippen molar-refractivity contribution in [2.45, 2.75) is 20.3 Å². The molecule has 0 amide bonds. The van der Waals surface area contributed by atoms with E-state index in [1.165, 1.54) is 0 Å². The van der Waals surface area contributed by atoms with E-state index in [0.29, 0.717) is 30.1 Å². The summed E-state index contributed by atoms with van der Waals surface area (Å²) < 4.78 is 10.4. The third-order valence-corrected chi connectivity index (χ3v) is 2.71. The van der Waals surface area contributed by atoms with Crippen LogP contribution in [-0.4, -0.2) is 30.8 Å². The van der Waals surface area contributed by atoms with Gasteiger partial charge in [-0.15, -0.1) is 11.6 Å². The highest BCUT2D eigenvalue weighted by Crippen LogP contribution is 2.22. The van der Waals surface area contributed by atoms with Crippen molar-refractivity contribution in [3.8, 4) is 5.75 Å². The first-order valence-electron chi connectivity index (χ1n) is 6.12. The van der Waals surface area contributed by atoms with Crippen LogP contribution in [0.1, 0.15) is 29.8 Å². The molecule has 0 atom stereocenters. The van der Waals surface area contributed by atoms with Crippen LogP contribution < -0.4 is 4.74 Å². The fourth-order valence-electron chi connectivity index (χ4n) is 1.61. The number of Topliss-reactive ketones (excluding diaryl/α,β-unsaturated/α-hetero) is 1. The number of esters is 1. The fraction of sp³-hybridized carbons (Fsp3) is 0.429. The van der Waals surface area contributed by atoms with Gasteiger partial charge in [0.05, 0.1) is 24.7 Å². The van der Waals surface area contributed by atoms with E-state index in [0.717, 1.165) is 0 Å². The third-order valence-electron chi connectivity index (χ3n) is 2.41. The molecule has 19 heavy (non-hydrogen) atoms. The molecule has 0 spiro atoms. The lowest BCUT2D eigenvalue weighted by molar-refractivity contribution is -0.116. The van der Waals surface area contributed by atoms with Gasteiger partial charge in [0.1, 0.15) is 5.75 Å². The van der Waals surface area contributed by atoms with E-state index in [-0.39, 0.29) is 18.1 Å². The highest BCUT2D eigenvalue weighted by molar-refractivity contribution is 6.27. The Kier molecular flexibility index (Phi) is 6.36. The molecule has 0 heterocycles. The van der Waals surface area contributed by atoms with Crippen LogP contribution in [0.25, 0.3) is 0 Å². The summed E-state index contributed by atoms with van der Waals surface area (Å²) in [4.78, 5) is 23.1. The molecule has 0 saturated heterocycles. The summed E-state index contributed by atoms with van der Waals surface area (Å²) in [5.74, 6) is -0.00220. The SMILES string of the molecule is CCOC(=O)c1ccc(OCC)c(CC(=O)CCl)c1. The van der Waals surface area contributed by atoms with Gasteiger partial charge in [-0.1, -0.05) is 0 Å². The first-order valence-corrected chi connectivity index (χ1v) is 6.66. The van der Waals surface area contributed by atoms with Crippen molar-refractivity contribution in [1.82, 2.24) is 0 Å². The molecule has 0 aliphatic rings. The second-order valence-corrected chi connectivity index (χ2v) is 4.09. The molecule has 0 saturated carbocycles. The third kappa shape index (κ3) is 4.56. The Labute approximate surface area is 117 Å². The molecule has 0 fully saturated rings. The number of halogens is 1. The maximum absolute atomic E-state index is 11.6. The molecule has 104 valence electrons. The molecule has 0 unspecified atom stereocenters. The van der Waals surface area contributed by atoms with Gasteiger partial charge in [0, 0.05) is 12.0 Å². The second-order valence-electron chi connectivity index (χ2n) is 3.83. The minimum atomic E-state index is -0.412. The van der Waals surface area contributed by atoms with E-state index in [1.54, 1.807) is 25.1 Å². The number of hydrogen-bond acceptors (Lipinski definition) is 4. The maximum atomic E-state index is 11.6. The first kappa shape index (κ1) is 15.5. The lowest BCUT2D eigenvalue weighted by Crippen LogP contribution is -2.09. The summed E-state index contributed by atoms with van der Waals surface area (Å²) in [5.41, 5.74) is 1.06. The van der Waals surface area contributed by atoms with Crippen LogP contribution in [0.2, 0.25) is 0 Å². The van der Waals surface area contributed by atoms with Crippen LogP contribution in [0.4, 0.5) is 0 Å². The molecule has 0 aliphatic carbocycles. The Morgan fingerprint density at radius 2 is 1.95 bits per heavy atom. The van der Waals surface area contributed by atoms with Crippen LogP contribution in [-0.2, 0) is 16.0 Å². The summed E-state index contributed by atoms with van der Waals surface area (Å²) >= 11 is 5.50. The van der Waals surface area contributed by atoms with Gasteiger partial charge in [-0.25, -0.2) is 4.79 Å². The molecule has 1 aromatic rings. The smallest absolute Gasteiger partial charge is 0.338 e. The van der Waals surface area contributed by atoms with E-state index in [4.69, 9.17) is 21.1 Å². The number of rotatable bonds is 7. The van der Waals surface area contributed by atoms with Crippen molar-refractivity contribution in [3.05, 3.63) is 29.3 Å². The number of benzene rings is 1. The number of carbonyl (C=O) groups is 2. The number of carbonyl (C=O) groups excluding carboxylic acids is 2. The van der Waals surface area contributed by atoms with E-state index in [1.807, 2.05) is 6.92 Å². The zero-order chi connectivity index (χ0) is 14.3. The lowest BCUT2D eigenvalue weighted by Gasteiger charge is -2.11. The van der Waals surface area contributed by atoms with E-state index in [9.17, 15) is 9.59 Å². The van der Waals surface area contributed by atoms with Crippen molar-refractivity contribution >= 4 is 23.4 Å². The van der Waals surface area contributed by atoms with E-state index < -0.39 is 5.97 Å². The number of ether oxygens (including phenoxy) is 2. The highest BCUT2D eigenvalue weighted by Gasteiger charge is 2.13. The largest absolute Gasteiger partial charge is 0.494 e. The van der Waals surface area contributed by atoms with Crippen molar-refractivity contribution in [2.75, 3.05) is 19.1 Å². The second kappa shape index (κ2) is 7.79. The number of alkyl halides is 1. The normalized spacial score (nSPS) is 10.1. The predicted octanol–water partition coefficient (Wildman–Crippen LogP) is 2.61. The molecule has 5 heteroatoms. The summed E-state index contributed by atoms with van der Waals surface area (Å²) in [5, 5.41) is 0. The van der Waals surface area contributed by atoms with E-state index >= 15 is 0 Å². The van der Waals surface area contributed by atoms with Crippen LogP contribution in [0.15, 0.2) is 18.2 Å². The molecule has 0 N–H and O–H groups in total. The minimum Gasteiger partial charge on any atom is -0.494 e. The standard InChI is InChI=1S/C14H17ClO4/c1-3-18-13-6-5-10(14(17)19-4-2)7-11(13)8-12(16)9-15/h5-7H,3-4,8-9H2,1-2H3. The molecule has 0 radical (unpaired) electrons. The Morgan fingerprint density at radius 1 is 1.21 bits per heavy atom. The first-order chi connectivity index (χ1) is 9.12. The Bertz CT molecular complexity index is 457. The lowest BCUT2D eigenvalue weighted by atomic mass is 10.0. The highest BCUT2D eigenvalue weighted by atomic mass is 35.5. The van der Waals surface area contributed by atoms with Gasteiger partial charge in [-0.2, -0.15) is 0 Å². The average molecular weight is 285 g/mol. The van der Waals surface area contributed by atoms with Gasteiger partial charge in [0.2, 0.25) is 0 Å². The zero-order valence-corrected chi connectivity index (χ0v) is 11.8. The molecule has 0 aromatic heterocycles. The van der Waals surface area contributed by atoms with Crippen LogP contribution in [0.3, 0.4) is 0 Å². The maximum Gasteiger partial charge on any atom is 0.338 e. The Hall–Kier alpha value is -1.55. The van der Waals surface area contributed by atoms with Crippen molar-refractivity contribution in [1.29, 1.82) is 0 Å². The van der Waals surface area contributed by atoms with Crippen LogP contribution >= 0.6 is 11.6 Å². The molecule has 0 bridgehead atoms. The quantitative estimate of drug-likeness (QED) is 0.570. The molecule has 0 aliphatic heterocycles. The van der Waals surface area contributed by atoms with Gasteiger partial charge in [0.15, 0.2) is 5.78 Å². The summed E-state index contributed by atoms with van der Waals surface area (Å²) in [6.45, 7) is 4.39. The van der Waals surface area contributed by atoms with Gasteiger partial charge in [0.25, 0.3) is 0 Å². The van der Waals surface area contributed by atoms with Crippen molar-refractivity contribution in [3.63, 3.8) is 0 Å². The summed E-state index contributed by atoms with van der Waals surface area (Å²) in [6.07, 6.45) is 0.145. The monoisotopic (exact) mass is 284 g/mol. The van der Waals surface area contributed by atoms with Crippen LogP contribution in [0.5, 0.6) is 5.75 Å². The van der Waals surface area contributed by atoms with Crippen LogP contribution in [0, 0.1) is 0 Å². The Morgan fingerprint density at radius 3 is 2.53 bits per heavy atom. The molecule has 1 rings (SSSR count). The summed E-state index contributed by atoms with van der Waals surface area (Å²) in [6, 6.07) is 4.91. The van der Waals surface area contributed by atoms with Crippen molar-refractivity contribution < 1.29 is 19.1 Å². The fourth-order valence-corrected chi connectivity index (χ4v) is 1.71. The Balaban J connectivity index is 3.03. The van der Waals surface area contributed by atoms with Gasteiger partial charge >= 0.3 is 5.97 Å². The van der Waals surface area contributed by atoms with Gasteiger partial charge in [-0.3, -0.25) is 4.79 Å². The molecule has 4 nitrogen and oxygen atoms in total. The summed E-state index contributed by atoms with van der Waals surface area (Å²) in [7, 11) is 0. The minimum absolute atomic E-state index is 0.0603. The van der Waals surface area contributed by atoms with E-state index in [2.05, 4.69) is 0 Å². The number of hydrogen-bond donors (Lipinski definition) is 0.